The Morgan fingerprint density at radius 1 is 1.40 bits per heavy atom. The van der Waals surface area contributed by atoms with Crippen LogP contribution in [0.25, 0.3) is 0 Å². The predicted molar refractivity (Wildman–Crippen MR) is 58.9 cm³/mol. The molecule has 1 aliphatic rings. The molecule has 0 saturated carbocycles. The molecule has 15 heavy (non-hydrogen) atoms. The molecule has 1 aliphatic heterocycles. The van der Waals surface area contributed by atoms with Crippen molar-refractivity contribution in [2.75, 3.05) is 46.6 Å². The van der Waals surface area contributed by atoms with E-state index >= 15 is 0 Å². The molecule has 4 nitrogen and oxygen atoms in total. The number of rotatable bonds is 6. The maximum atomic E-state index is 8.56. The minimum absolute atomic E-state index is 0.109. The van der Waals surface area contributed by atoms with Crippen molar-refractivity contribution < 1.29 is 14.6 Å². The molecule has 1 saturated heterocycles. The van der Waals surface area contributed by atoms with Crippen LogP contribution in [-0.4, -0.2) is 62.7 Å². The average Bonchev–Trinajstić information content (AvgIpc) is 2.26. The number of hydrogen-bond acceptors (Lipinski definition) is 4. The molecule has 0 spiro atoms. The van der Waals surface area contributed by atoms with Crippen LogP contribution in [0, 0.1) is 5.92 Å². The van der Waals surface area contributed by atoms with Crippen LogP contribution in [0.15, 0.2) is 0 Å². The van der Waals surface area contributed by atoms with Gasteiger partial charge in [-0.2, -0.15) is 0 Å². The minimum Gasteiger partial charge on any atom is -0.394 e. The number of hydrogen-bond donors (Lipinski definition) is 1. The zero-order chi connectivity index (χ0) is 11.1. The van der Waals surface area contributed by atoms with E-state index in [1.165, 1.54) is 6.42 Å². The highest BCUT2D eigenvalue weighted by Crippen LogP contribution is 2.18. The molecule has 0 aliphatic carbocycles. The number of aliphatic hydroxyl groups excluding tert-OH is 1. The molecule has 4 heteroatoms. The summed E-state index contributed by atoms with van der Waals surface area (Å²) >= 11 is 0. The fourth-order valence-electron chi connectivity index (χ4n) is 1.97. The molecule has 0 amide bonds. The van der Waals surface area contributed by atoms with Gasteiger partial charge in [0.15, 0.2) is 0 Å². The van der Waals surface area contributed by atoms with Gasteiger partial charge in [-0.05, 0) is 18.9 Å². The lowest BCUT2D eigenvalue weighted by Crippen LogP contribution is -2.45. The highest BCUT2D eigenvalue weighted by molar-refractivity contribution is 4.78. The third kappa shape index (κ3) is 4.47. The number of ether oxygens (including phenoxy) is 2. The number of likely N-dealkylation sites (tertiary alicyclic amines) is 1. The van der Waals surface area contributed by atoms with E-state index < -0.39 is 0 Å². The van der Waals surface area contributed by atoms with Gasteiger partial charge in [-0.3, -0.25) is 4.90 Å². The molecule has 90 valence electrons. The molecular formula is C11H23NO3. The van der Waals surface area contributed by atoms with Gasteiger partial charge in [0.05, 0.1) is 25.9 Å². The molecule has 1 fully saturated rings. The van der Waals surface area contributed by atoms with Crippen molar-refractivity contribution in [1.29, 1.82) is 0 Å². The first-order valence-corrected chi connectivity index (χ1v) is 5.71. The highest BCUT2D eigenvalue weighted by atomic mass is 16.5. The molecule has 1 heterocycles. The Kier molecular flexibility index (Phi) is 6.17. The summed E-state index contributed by atoms with van der Waals surface area (Å²) in [6, 6.07) is 0. The summed E-state index contributed by atoms with van der Waals surface area (Å²) < 4.78 is 10.7. The Balaban J connectivity index is 2.14. The van der Waals surface area contributed by atoms with Gasteiger partial charge in [-0.15, -0.1) is 0 Å². The molecule has 0 radical (unpaired) electrons. The molecule has 2 unspecified atom stereocenters. The van der Waals surface area contributed by atoms with Crippen LogP contribution < -0.4 is 0 Å². The summed E-state index contributed by atoms with van der Waals surface area (Å²) in [6.45, 7) is 6.56. The monoisotopic (exact) mass is 217 g/mol. The van der Waals surface area contributed by atoms with Crippen LogP contribution in [-0.2, 0) is 9.47 Å². The van der Waals surface area contributed by atoms with Crippen molar-refractivity contribution in [3.8, 4) is 0 Å². The van der Waals surface area contributed by atoms with Crippen LogP contribution in [0.4, 0.5) is 0 Å². The Morgan fingerprint density at radius 3 is 2.87 bits per heavy atom. The Morgan fingerprint density at radius 2 is 2.20 bits per heavy atom. The smallest absolute Gasteiger partial charge is 0.0724 e. The Labute approximate surface area is 92.2 Å². The maximum absolute atomic E-state index is 8.56. The average molecular weight is 217 g/mol. The zero-order valence-electron chi connectivity index (χ0n) is 9.82. The van der Waals surface area contributed by atoms with E-state index in [9.17, 15) is 0 Å². The van der Waals surface area contributed by atoms with E-state index in [1.54, 1.807) is 7.11 Å². The van der Waals surface area contributed by atoms with Gasteiger partial charge in [0.2, 0.25) is 0 Å². The van der Waals surface area contributed by atoms with Gasteiger partial charge in [0.25, 0.3) is 0 Å². The zero-order valence-corrected chi connectivity index (χ0v) is 9.82. The summed E-state index contributed by atoms with van der Waals surface area (Å²) in [5.74, 6) is 0.657. The normalized spacial score (nSPS) is 28.2. The SMILES string of the molecule is COC1CN(CCOCCO)CCC1C. The second kappa shape index (κ2) is 7.17. The summed E-state index contributed by atoms with van der Waals surface area (Å²) in [4.78, 5) is 2.37. The van der Waals surface area contributed by atoms with Gasteiger partial charge in [0, 0.05) is 20.2 Å². The van der Waals surface area contributed by atoms with Gasteiger partial charge < -0.3 is 14.6 Å². The van der Waals surface area contributed by atoms with Gasteiger partial charge in [-0.25, -0.2) is 0 Å². The number of aliphatic hydroxyl groups is 1. The number of piperidine rings is 1. The lowest BCUT2D eigenvalue weighted by atomic mass is 9.96. The molecule has 0 aromatic rings. The summed E-state index contributed by atoms with van der Waals surface area (Å²) in [7, 11) is 1.78. The van der Waals surface area contributed by atoms with Crippen LogP contribution >= 0.6 is 0 Å². The Hall–Kier alpha value is -0.160. The quantitative estimate of drug-likeness (QED) is 0.652. The number of nitrogens with zero attached hydrogens (tertiary/aromatic N) is 1. The maximum Gasteiger partial charge on any atom is 0.0724 e. The molecule has 2 atom stereocenters. The van der Waals surface area contributed by atoms with E-state index in [2.05, 4.69) is 11.8 Å². The first kappa shape index (κ1) is 12.9. The molecular weight excluding hydrogens is 194 g/mol. The fraction of sp³-hybridized carbons (Fsp3) is 1.00. The molecule has 1 N–H and O–H groups in total. The minimum atomic E-state index is 0.109. The second-order valence-electron chi connectivity index (χ2n) is 4.18. The van der Waals surface area contributed by atoms with Crippen molar-refractivity contribution in [1.82, 2.24) is 4.90 Å². The Bertz CT molecular complexity index is 166. The third-order valence-electron chi connectivity index (χ3n) is 3.06. The largest absolute Gasteiger partial charge is 0.394 e. The predicted octanol–water partition coefficient (Wildman–Crippen LogP) is 0.352. The van der Waals surface area contributed by atoms with Crippen LogP contribution in [0.2, 0.25) is 0 Å². The van der Waals surface area contributed by atoms with E-state index in [1.807, 2.05) is 0 Å². The van der Waals surface area contributed by atoms with Crippen molar-refractivity contribution in [3.63, 3.8) is 0 Å². The van der Waals surface area contributed by atoms with Crippen molar-refractivity contribution >= 4 is 0 Å². The lowest BCUT2D eigenvalue weighted by molar-refractivity contribution is -0.0152. The van der Waals surface area contributed by atoms with E-state index in [4.69, 9.17) is 14.6 Å². The van der Waals surface area contributed by atoms with Gasteiger partial charge in [-0.1, -0.05) is 6.92 Å². The van der Waals surface area contributed by atoms with Crippen LogP contribution in [0.3, 0.4) is 0 Å². The standard InChI is InChI=1S/C11H23NO3/c1-10-3-4-12(9-11(10)14-2)5-7-15-8-6-13/h10-11,13H,3-9H2,1-2H3. The highest BCUT2D eigenvalue weighted by Gasteiger charge is 2.25. The lowest BCUT2D eigenvalue weighted by Gasteiger charge is -2.36. The van der Waals surface area contributed by atoms with Crippen LogP contribution in [0.1, 0.15) is 13.3 Å². The molecule has 0 bridgehead atoms. The van der Waals surface area contributed by atoms with Gasteiger partial charge in [0.1, 0.15) is 0 Å². The first-order chi connectivity index (χ1) is 7.27. The summed E-state index contributed by atoms with van der Waals surface area (Å²) in [6.07, 6.45) is 1.55. The van der Waals surface area contributed by atoms with Crippen LogP contribution in [0.5, 0.6) is 0 Å². The first-order valence-electron chi connectivity index (χ1n) is 5.71. The van der Waals surface area contributed by atoms with E-state index in [0.29, 0.717) is 25.2 Å². The second-order valence-corrected chi connectivity index (χ2v) is 4.18. The van der Waals surface area contributed by atoms with Gasteiger partial charge >= 0.3 is 0 Å². The molecule has 1 rings (SSSR count). The van der Waals surface area contributed by atoms with E-state index in [-0.39, 0.29) is 6.61 Å². The summed E-state index contributed by atoms with van der Waals surface area (Å²) in [5.41, 5.74) is 0. The fourth-order valence-corrected chi connectivity index (χ4v) is 1.97. The topological polar surface area (TPSA) is 41.9 Å². The third-order valence-corrected chi connectivity index (χ3v) is 3.06. The van der Waals surface area contributed by atoms with Crippen molar-refractivity contribution in [2.45, 2.75) is 19.4 Å². The molecule has 0 aromatic heterocycles. The summed E-state index contributed by atoms with van der Waals surface area (Å²) in [5, 5.41) is 8.56. The number of methoxy groups -OCH3 is 1. The van der Waals surface area contributed by atoms with E-state index in [0.717, 1.165) is 19.6 Å². The van der Waals surface area contributed by atoms with Crippen molar-refractivity contribution in [3.05, 3.63) is 0 Å². The molecule has 0 aromatic carbocycles. The van der Waals surface area contributed by atoms with Crippen molar-refractivity contribution in [2.24, 2.45) is 5.92 Å².